The monoisotopic (exact) mass is 363 g/mol. The molecule has 2 N–H and O–H groups in total. The lowest BCUT2D eigenvalue weighted by molar-refractivity contribution is -0.923. The summed E-state index contributed by atoms with van der Waals surface area (Å²) >= 11 is 0. The van der Waals surface area contributed by atoms with Crippen LogP contribution in [0.2, 0.25) is 0 Å². The van der Waals surface area contributed by atoms with E-state index in [1.807, 2.05) is 25.3 Å². The molecule has 0 saturated carbocycles. The average Bonchev–Trinajstić information content (AvgIpc) is 2.30. The van der Waals surface area contributed by atoms with Crippen LogP contribution < -0.4 is 24.0 Å². The van der Waals surface area contributed by atoms with E-state index in [0.29, 0.717) is 17.6 Å². The van der Waals surface area contributed by atoms with Gasteiger partial charge in [0.1, 0.15) is 19.6 Å². The molecule has 0 aliphatic rings. The molecule has 0 heterocycles. The van der Waals surface area contributed by atoms with Gasteiger partial charge in [0.15, 0.2) is 0 Å². The highest BCUT2D eigenvalue weighted by Gasteiger charge is 2.20. The first-order chi connectivity index (χ1) is 8.13. The first-order valence-electron chi connectivity index (χ1n) is 5.90. The van der Waals surface area contributed by atoms with Crippen molar-refractivity contribution in [2.24, 2.45) is 0 Å². The van der Waals surface area contributed by atoms with E-state index in [0.717, 1.165) is 12.1 Å². The zero-order valence-corrected chi connectivity index (χ0v) is 13.0. The molecular weight excluding hydrogens is 341 g/mol. The van der Waals surface area contributed by atoms with E-state index in [1.54, 1.807) is 0 Å². The summed E-state index contributed by atoms with van der Waals surface area (Å²) in [5.41, 5.74) is 2.31. The largest absolute Gasteiger partial charge is 1.00 e. The van der Waals surface area contributed by atoms with Gasteiger partial charge in [0.25, 0.3) is 0 Å². The molecule has 1 rings (SSSR count). The molecule has 18 heavy (non-hydrogen) atoms. The molecule has 4 heteroatoms. The molecule has 0 bridgehead atoms. The topological polar surface area (TPSA) is 40.5 Å². The standard InChI is InChI=1S/C14H22NO2.HI/c1-3-13-4-6-14(7-5-13)12-15(2,8-10-16)9-11-17;/h3-7,16-17H,1,8-12H2,2H3;1H/q+1;/p-1. The average molecular weight is 363 g/mol. The van der Waals surface area contributed by atoms with Gasteiger partial charge in [0.05, 0.1) is 20.3 Å². The lowest BCUT2D eigenvalue weighted by atomic mass is 10.1. The molecular formula is C14H22INO2. The van der Waals surface area contributed by atoms with Crippen LogP contribution >= 0.6 is 0 Å². The number of hydrogen-bond donors (Lipinski definition) is 2. The number of aliphatic hydroxyl groups is 2. The van der Waals surface area contributed by atoms with Crippen molar-refractivity contribution in [2.75, 3.05) is 33.4 Å². The number of quaternary nitrogens is 1. The zero-order valence-electron chi connectivity index (χ0n) is 10.8. The molecule has 0 atom stereocenters. The van der Waals surface area contributed by atoms with E-state index in [-0.39, 0.29) is 37.2 Å². The van der Waals surface area contributed by atoms with Gasteiger partial charge in [-0.05, 0) is 5.56 Å². The number of rotatable bonds is 7. The fourth-order valence-corrected chi connectivity index (χ4v) is 1.95. The van der Waals surface area contributed by atoms with Gasteiger partial charge in [-0.15, -0.1) is 0 Å². The number of hydrogen-bond acceptors (Lipinski definition) is 2. The Morgan fingerprint density at radius 1 is 1.11 bits per heavy atom. The molecule has 0 amide bonds. The first-order valence-corrected chi connectivity index (χ1v) is 5.90. The first kappa shape index (κ1) is 17.6. The highest BCUT2D eigenvalue weighted by atomic mass is 127. The van der Waals surface area contributed by atoms with E-state index in [4.69, 9.17) is 10.2 Å². The van der Waals surface area contributed by atoms with Gasteiger partial charge < -0.3 is 38.7 Å². The van der Waals surface area contributed by atoms with E-state index in [1.165, 1.54) is 5.56 Å². The summed E-state index contributed by atoms with van der Waals surface area (Å²) in [7, 11) is 2.05. The predicted octanol–water partition coefficient (Wildman–Crippen LogP) is -1.74. The Hall–Kier alpha value is -0.430. The van der Waals surface area contributed by atoms with Gasteiger partial charge in [-0.1, -0.05) is 36.9 Å². The van der Waals surface area contributed by atoms with Gasteiger partial charge >= 0.3 is 0 Å². The summed E-state index contributed by atoms with van der Waals surface area (Å²) in [5.74, 6) is 0. The van der Waals surface area contributed by atoms with Gasteiger partial charge in [-0.3, -0.25) is 0 Å². The van der Waals surface area contributed by atoms with E-state index >= 15 is 0 Å². The molecule has 0 aromatic heterocycles. The smallest absolute Gasteiger partial charge is 0.104 e. The summed E-state index contributed by atoms with van der Waals surface area (Å²) < 4.78 is 0.653. The molecule has 0 unspecified atom stereocenters. The number of nitrogens with zero attached hydrogens (tertiary/aromatic N) is 1. The van der Waals surface area contributed by atoms with Crippen molar-refractivity contribution in [3.63, 3.8) is 0 Å². The Kier molecular flexibility index (Phi) is 8.43. The summed E-state index contributed by atoms with van der Waals surface area (Å²) in [5, 5.41) is 18.2. The Morgan fingerprint density at radius 2 is 1.61 bits per heavy atom. The second-order valence-corrected chi connectivity index (χ2v) is 4.62. The molecule has 0 aliphatic heterocycles. The molecule has 0 saturated heterocycles. The quantitative estimate of drug-likeness (QED) is 0.446. The Balaban J connectivity index is 0.00000289. The van der Waals surface area contributed by atoms with Crippen LogP contribution in [0, 0.1) is 0 Å². The summed E-state index contributed by atoms with van der Waals surface area (Å²) in [6.45, 7) is 6.14. The van der Waals surface area contributed by atoms with E-state index in [2.05, 4.69) is 18.7 Å². The number of benzene rings is 1. The highest BCUT2D eigenvalue weighted by molar-refractivity contribution is 5.47. The molecule has 1 aromatic rings. The third kappa shape index (κ3) is 5.48. The molecule has 1 aromatic carbocycles. The van der Waals surface area contributed by atoms with Crippen molar-refractivity contribution in [1.29, 1.82) is 0 Å². The van der Waals surface area contributed by atoms with Gasteiger partial charge in [-0.2, -0.15) is 0 Å². The third-order valence-corrected chi connectivity index (χ3v) is 3.06. The second kappa shape index (κ2) is 8.63. The maximum absolute atomic E-state index is 9.08. The molecule has 0 radical (unpaired) electrons. The van der Waals surface area contributed by atoms with Crippen LogP contribution in [0.4, 0.5) is 0 Å². The van der Waals surface area contributed by atoms with Crippen LogP contribution in [0.5, 0.6) is 0 Å². The Morgan fingerprint density at radius 3 is 2.00 bits per heavy atom. The number of likely N-dealkylation sites (N-methyl/N-ethyl adjacent to an activating group) is 1. The van der Waals surface area contributed by atoms with Crippen LogP contribution in [0.1, 0.15) is 11.1 Å². The molecule has 102 valence electrons. The number of aliphatic hydroxyl groups excluding tert-OH is 2. The van der Waals surface area contributed by atoms with E-state index < -0.39 is 0 Å². The summed E-state index contributed by atoms with van der Waals surface area (Å²) in [4.78, 5) is 0. The van der Waals surface area contributed by atoms with Crippen molar-refractivity contribution in [2.45, 2.75) is 6.54 Å². The van der Waals surface area contributed by atoms with Crippen molar-refractivity contribution in [3.8, 4) is 0 Å². The van der Waals surface area contributed by atoms with Crippen molar-refractivity contribution in [1.82, 2.24) is 0 Å². The SMILES string of the molecule is C=Cc1ccc(C[N+](C)(CCO)CCO)cc1.[I-]. The third-order valence-electron chi connectivity index (χ3n) is 3.06. The van der Waals surface area contributed by atoms with Crippen LogP contribution in [0.3, 0.4) is 0 Å². The molecule has 0 spiro atoms. The minimum Gasteiger partial charge on any atom is -1.00 e. The van der Waals surface area contributed by atoms with Crippen LogP contribution in [0.25, 0.3) is 6.08 Å². The van der Waals surface area contributed by atoms with Crippen LogP contribution in [-0.2, 0) is 6.54 Å². The van der Waals surface area contributed by atoms with E-state index in [9.17, 15) is 0 Å². The lowest BCUT2D eigenvalue weighted by Crippen LogP contribution is -3.00. The minimum absolute atomic E-state index is 0. The minimum atomic E-state index is 0. The van der Waals surface area contributed by atoms with Crippen molar-refractivity contribution in [3.05, 3.63) is 42.0 Å². The Labute approximate surface area is 126 Å². The molecule has 0 aliphatic carbocycles. The lowest BCUT2D eigenvalue weighted by Gasteiger charge is -2.33. The number of halogens is 1. The summed E-state index contributed by atoms with van der Waals surface area (Å²) in [6.07, 6.45) is 1.82. The Bertz CT molecular complexity index is 345. The van der Waals surface area contributed by atoms with Crippen molar-refractivity contribution < 1.29 is 38.7 Å². The normalized spacial score (nSPS) is 10.8. The maximum atomic E-state index is 9.08. The molecule has 3 nitrogen and oxygen atoms in total. The van der Waals surface area contributed by atoms with Gasteiger partial charge in [-0.25, -0.2) is 0 Å². The van der Waals surface area contributed by atoms with Gasteiger partial charge in [0, 0.05) is 5.56 Å². The predicted molar refractivity (Wildman–Crippen MR) is 70.3 cm³/mol. The van der Waals surface area contributed by atoms with Crippen LogP contribution in [0.15, 0.2) is 30.8 Å². The van der Waals surface area contributed by atoms with Crippen molar-refractivity contribution >= 4 is 6.08 Å². The maximum Gasteiger partial charge on any atom is 0.104 e. The zero-order chi connectivity index (χ0) is 12.7. The van der Waals surface area contributed by atoms with Gasteiger partial charge in [0.2, 0.25) is 0 Å². The summed E-state index contributed by atoms with van der Waals surface area (Å²) in [6, 6.07) is 8.21. The molecule has 0 fully saturated rings. The second-order valence-electron chi connectivity index (χ2n) is 4.62. The fraction of sp³-hybridized carbons (Fsp3) is 0.429. The fourth-order valence-electron chi connectivity index (χ4n) is 1.95. The highest BCUT2D eigenvalue weighted by Crippen LogP contribution is 2.13. The van der Waals surface area contributed by atoms with Crippen LogP contribution in [-0.4, -0.2) is 48.0 Å².